The average Bonchev–Trinajstić information content (AvgIpc) is 3.69. The van der Waals surface area contributed by atoms with Crippen LogP contribution in [-0.4, -0.2) is 0 Å². The molecule has 8 aromatic rings. The van der Waals surface area contributed by atoms with E-state index in [-0.39, 0.29) is 5.41 Å². The normalized spacial score (nSPS) is 13.8. The molecule has 56 heavy (non-hydrogen) atoms. The molecule has 0 amide bonds. The molecule has 0 unspecified atom stereocenters. The van der Waals surface area contributed by atoms with Crippen LogP contribution in [0.1, 0.15) is 49.9 Å². The monoisotopic (exact) mass is 736 g/mol. The number of fused-ring (bicyclic) bond motifs is 8. The third-order valence-corrected chi connectivity index (χ3v) is 12.9. The number of allylic oxidation sites excluding steroid dienone is 4. The predicted molar refractivity (Wildman–Crippen MR) is 248 cm³/mol. The largest absolute Gasteiger partial charge is 0.135 e. The number of rotatable bonds is 5. The number of thiophene rings is 1. The van der Waals surface area contributed by atoms with Gasteiger partial charge in [-0.2, -0.15) is 0 Å². The first-order valence-corrected chi connectivity index (χ1v) is 20.3. The van der Waals surface area contributed by atoms with Gasteiger partial charge in [0.2, 0.25) is 0 Å². The fraction of sp³-hybridized carbons (Fsp3) is 0.0909. The molecule has 0 radical (unpaired) electrons. The van der Waals surface area contributed by atoms with Gasteiger partial charge in [-0.3, -0.25) is 0 Å². The lowest BCUT2D eigenvalue weighted by Crippen LogP contribution is -2.28. The summed E-state index contributed by atoms with van der Waals surface area (Å²) in [5, 5.41) is 10.0. The lowest BCUT2D eigenvalue weighted by molar-refractivity contribution is 0.661. The maximum absolute atomic E-state index is 4.62. The summed E-state index contributed by atoms with van der Waals surface area (Å²) in [7, 11) is 0. The van der Waals surface area contributed by atoms with Crippen LogP contribution < -0.4 is 10.4 Å². The van der Waals surface area contributed by atoms with Crippen molar-refractivity contribution in [3.05, 3.63) is 204 Å². The van der Waals surface area contributed by atoms with Gasteiger partial charge in [0.15, 0.2) is 0 Å². The van der Waals surface area contributed by atoms with Crippen LogP contribution in [0.3, 0.4) is 0 Å². The lowest BCUT2D eigenvalue weighted by atomic mass is 9.81. The topological polar surface area (TPSA) is 0 Å². The van der Waals surface area contributed by atoms with Crippen LogP contribution in [0, 0.1) is 0 Å². The Labute approximate surface area is 333 Å². The van der Waals surface area contributed by atoms with Gasteiger partial charge < -0.3 is 0 Å². The second-order valence-corrected chi connectivity index (χ2v) is 16.4. The van der Waals surface area contributed by atoms with Crippen molar-refractivity contribution in [3.63, 3.8) is 0 Å². The molecule has 7 aromatic carbocycles. The summed E-state index contributed by atoms with van der Waals surface area (Å²) >= 11 is 1.88. The van der Waals surface area contributed by atoms with Gasteiger partial charge in [0.1, 0.15) is 0 Å². The zero-order valence-electron chi connectivity index (χ0n) is 32.5. The Balaban J connectivity index is 1.10. The molecule has 0 saturated heterocycles. The second kappa shape index (κ2) is 14.1. The van der Waals surface area contributed by atoms with Crippen molar-refractivity contribution in [1.82, 2.24) is 0 Å². The van der Waals surface area contributed by atoms with E-state index in [1.165, 1.54) is 80.3 Å². The quantitative estimate of drug-likeness (QED) is 0.154. The minimum Gasteiger partial charge on any atom is -0.135 e. The van der Waals surface area contributed by atoms with Gasteiger partial charge >= 0.3 is 0 Å². The SMILES string of the molecule is C=C(/C=C\C(=C)c1ccccccc(-c2cccc3ccccc23)c(=C/C)/c1=C\C)c1ccc2c(c1)-c1cc3cc4sc5ccccc5c4cc3cc1C2(C)C. The van der Waals surface area contributed by atoms with Gasteiger partial charge in [-0.05, 0) is 138 Å². The fourth-order valence-corrected chi connectivity index (χ4v) is 9.94. The van der Waals surface area contributed by atoms with E-state index in [4.69, 9.17) is 0 Å². The zero-order chi connectivity index (χ0) is 38.6. The first-order valence-electron chi connectivity index (χ1n) is 19.4. The first-order chi connectivity index (χ1) is 27.3. The Bertz CT molecular complexity index is 3160. The van der Waals surface area contributed by atoms with E-state index >= 15 is 0 Å². The molecular weight excluding hydrogens is 693 g/mol. The zero-order valence-corrected chi connectivity index (χ0v) is 33.3. The Hall–Kier alpha value is -6.28. The van der Waals surface area contributed by atoms with Crippen molar-refractivity contribution in [2.75, 3.05) is 0 Å². The summed E-state index contributed by atoms with van der Waals surface area (Å²) in [6.07, 6.45) is 8.68. The third-order valence-electron chi connectivity index (χ3n) is 11.7. The van der Waals surface area contributed by atoms with Crippen LogP contribution in [-0.2, 0) is 5.41 Å². The van der Waals surface area contributed by atoms with Crippen LogP contribution in [0.4, 0.5) is 0 Å². The first kappa shape index (κ1) is 35.4. The molecule has 0 aliphatic heterocycles. The molecule has 1 heteroatoms. The summed E-state index contributed by atoms with van der Waals surface area (Å²) in [6, 6.07) is 53.3. The highest BCUT2D eigenvalue weighted by molar-refractivity contribution is 7.25. The summed E-state index contributed by atoms with van der Waals surface area (Å²) in [5.41, 5.74) is 11.7. The average molecular weight is 737 g/mol. The maximum Gasteiger partial charge on any atom is 0.0361 e. The van der Waals surface area contributed by atoms with Crippen LogP contribution in [0.2, 0.25) is 0 Å². The highest BCUT2D eigenvalue weighted by atomic mass is 32.1. The molecule has 0 nitrogen and oxygen atoms in total. The standard InChI is InChI=1S/C55H44S/c1-7-41-42(8-2)45(46-24-17-19-37-18-13-14-21-44(37)46)22-12-10-9-11-20-43(41)36(4)27-26-35(3)38-28-29-51-48(30-38)49-31-40-34-54-50(47-23-15-16-25-53(47)56-54)32-39(40)33-52(49)55(51,5)6/h7-34H,3-4H2,1-2,5-6H3/b11-9?,12-10?,27-26-,41-7+,42-8+,43-20?,45-22?. The maximum atomic E-state index is 4.62. The summed E-state index contributed by atoms with van der Waals surface area (Å²) in [6.45, 7) is 18.2. The number of benzene rings is 6. The molecular formula is C55H44S. The van der Waals surface area contributed by atoms with Gasteiger partial charge in [-0.25, -0.2) is 0 Å². The van der Waals surface area contributed by atoms with E-state index in [1.807, 2.05) is 11.3 Å². The number of hydrogen-bond acceptors (Lipinski definition) is 1. The van der Waals surface area contributed by atoms with Crippen molar-refractivity contribution in [2.45, 2.75) is 33.1 Å². The Kier molecular flexibility index (Phi) is 8.92. The van der Waals surface area contributed by atoms with E-state index < -0.39 is 0 Å². The van der Waals surface area contributed by atoms with Crippen molar-refractivity contribution in [1.29, 1.82) is 0 Å². The van der Waals surface area contributed by atoms with Crippen LogP contribution in [0.15, 0.2) is 171 Å². The molecule has 270 valence electrons. The van der Waals surface area contributed by atoms with Gasteiger partial charge in [-0.1, -0.05) is 161 Å². The molecule has 1 aliphatic carbocycles. The van der Waals surface area contributed by atoms with Gasteiger partial charge in [0, 0.05) is 25.6 Å². The van der Waals surface area contributed by atoms with Gasteiger partial charge in [0.25, 0.3) is 0 Å². The van der Waals surface area contributed by atoms with Crippen molar-refractivity contribution < 1.29 is 0 Å². The van der Waals surface area contributed by atoms with Crippen molar-refractivity contribution >= 4 is 76.4 Å². The highest BCUT2D eigenvalue weighted by Crippen LogP contribution is 2.51. The Morgan fingerprint density at radius 2 is 1.14 bits per heavy atom. The summed E-state index contributed by atoms with van der Waals surface area (Å²) < 4.78 is 2.68. The molecule has 1 heterocycles. The van der Waals surface area contributed by atoms with Crippen LogP contribution in [0.25, 0.3) is 87.3 Å². The molecule has 0 N–H and O–H groups in total. The summed E-state index contributed by atoms with van der Waals surface area (Å²) in [4.78, 5) is 0. The number of hydrogen-bond donors (Lipinski definition) is 0. The predicted octanol–water partition coefficient (Wildman–Crippen LogP) is 14.3. The third kappa shape index (κ3) is 5.91. The van der Waals surface area contributed by atoms with E-state index in [0.29, 0.717) is 0 Å². The van der Waals surface area contributed by atoms with Crippen LogP contribution >= 0.6 is 11.3 Å². The molecule has 0 spiro atoms. The van der Waals surface area contributed by atoms with Gasteiger partial charge in [-0.15, -0.1) is 11.3 Å². The minimum atomic E-state index is -0.105. The highest BCUT2D eigenvalue weighted by Gasteiger charge is 2.36. The van der Waals surface area contributed by atoms with E-state index in [1.54, 1.807) is 0 Å². The van der Waals surface area contributed by atoms with E-state index in [9.17, 15) is 0 Å². The molecule has 1 aromatic heterocycles. The van der Waals surface area contributed by atoms with Crippen molar-refractivity contribution in [3.8, 4) is 22.3 Å². The Morgan fingerprint density at radius 1 is 0.482 bits per heavy atom. The fourth-order valence-electron chi connectivity index (χ4n) is 8.80. The molecule has 1 aliphatic rings. The Morgan fingerprint density at radius 3 is 1.96 bits per heavy atom. The van der Waals surface area contributed by atoms with Gasteiger partial charge in [0.05, 0.1) is 0 Å². The second-order valence-electron chi connectivity index (χ2n) is 15.3. The van der Waals surface area contributed by atoms with E-state index in [0.717, 1.165) is 27.5 Å². The smallest absolute Gasteiger partial charge is 0.0361 e. The lowest BCUT2D eigenvalue weighted by Gasteiger charge is -2.22. The van der Waals surface area contributed by atoms with E-state index in [2.05, 4.69) is 211 Å². The summed E-state index contributed by atoms with van der Waals surface area (Å²) in [5.74, 6) is 0. The molecule has 0 fully saturated rings. The molecule has 0 bridgehead atoms. The van der Waals surface area contributed by atoms with Crippen molar-refractivity contribution in [2.24, 2.45) is 0 Å². The minimum absolute atomic E-state index is 0.105. The molecule has 0 atom stereocenters. The molecule has 0 saturated carbocycles. The molecule has 9 rings (SSSR count). The van der Waals surface area contributed by atoms with Crippen LogP contribution in [0.5, 0.6) is 0 Å².